The minimum atomic E-state index is -0.556. The predicted octanol–water partition coefficient (Wildman–Crippen LogP) is 1.38. The average Bonchev–Trinajstić information content (AvgIpc) is 3.17. The molecule has 2 aliphatic heterocycles. The Morgan fingerprint density at radius 1 is 1.04 bits per heavy atom. The first-order valence-electron chi connectivity index (χ1n) is 9.20. The number of Topliss-reactive ketones (excluding diaryl/α,β-unsaturated/α-hetero) is 1. The molecule has 1 aromatic carbocycles. The number of ether oxygens (including phenoxy) is 2. The lowest BCUT2D eigenvalue weighted by Gasteiger charge is -2.34. The smallest absolute Gasteiger partial charge is 0.332 e. The molecule has 0 bridgehead atoms. The Morgan fingerprint density at radius 3 is 2.64 bits per heavy atom. The maximum Gasteiger partial charge on any atom is 0.332 e. The summed E-state index contributed by atoms with van der Waals surface area (Å²) >= 11 is 0. The predicted molar refractivity (Wildman–Crippen MR) is 101 cm³/mol. The van der Waals surface area contributed by atoms with Gasteiger partial charge in [0.25, 0.3) is 5.56 Å². The van der Waals surface area contributed by atoms with E-state index < -0.39 is 17.2 Å². The SMILES string of the molecule is Cn1c2c(c(=O)n(C)c1=O)[C@@H](c1ccc3c(c1)OCO3)C1=C(CCCC1=O)N2. The van der Waals surface area contributed by atoms with E-state index in [0.717, 1.165) is 22.2 Å². The van der Waals surface area contributed by atoms with Crippen molar-refractivity contribution in [2.45, 2.75) is 25.2 Å². The first-order chi connectivity index (χ1) is 13.5. The maximum atomic E-state index is 13.1. The molecule has 1 atom stereocenters. The van der Waals surface area contributed by atoms with E-state index in [1.54, 1.807) is 13.1 Å². The number of carbonyl (C=O) groups is 1. The number of allylic oxidation sites excluding steroid dienone is 2. The summed E-state index contributed by atoms with van der Waals surface area (Å²) in [6.07, 6.45) is 1.89. The minimum Gasteiger partial charge on any atom is -0.454 e. The highest BCUT2D eigenvalue weighted by Crippen LogP contribution is 2.45. The van der Waals surface area contributed by atoms with Crippen molar-refractivity contribution in [2.24, 2.45) is 14.1 Å². The molecular weight excluding hydrogens is 362 g/mol. The van der Waals surface area contributed by atoms with E-state index in [1.165, 1.54) is 11.6 Å². The molecule has 2 aromatic rings. The summed E-state index contributed by atoms with van der Waals surface area (Å²) in [5.41, 5.74) is 1.75. The molecule has 3 heterocycles. The van der Waals surface area contributed by atoms with E-state index in [1.807, 2.05) is 12.1 Å². The Balaban J connectivity index is 1.83. The van der Waals surface area contributed by atoms with Gasteiger partial charge in [-0.15, -0.1) is 0 Å². The second-order valence-corrected chi connectivity index (χ2v) is 7.31. The summed E-state index contributed by atoms with van der Waals surface area (Å²) in [5, 5.41) is 3.21. The highest BCUT2D eigenvalue weighted by atomic mass is 16.7. The fourth-order valence-corrected chi connectivity index (χ4v) is 4.32. The number of anilines is 1. The van der Waals surface area contributed by atoms with Crippen LogP contribution in [-0.4, -0.2) is 21.7 Å². The Bertz CT molecular complexity index is 1190. The molecule has 5 rings (SSSR count). The van der Waals surface area contributed by atoms with Gasteiger partial charge in [0, 0.05) is 37.7 Å². The van der Waals surface area contributed by atoms with Crippen LogP contribution in [0.1, 0.15) is 36.3 Å². The first-order valence-corrected chi connectivity index (χ1v) is 9.20. The number of fused-ring (bicyclic) bond motifs is 2. The summed E-state index contributed by atoms with van der Waals surface area (Å²) in [6, 6.07) is 5.46. The van der Waals surface area contributed by atoms with Crippen molar-refractivity contribution in [3.63, 3.8) is 0 Å². The molecule has 1 N–H and O–H groups in total. The molecule has 3 aliphatic rings. The van der Waals surface area contributed by atoms with Gasteiger partial charge in [-0.3, -0.25) is 18.7 Å². The van der Waals surface area contributed by atoms with E-state index in [-0.39, 0.29) is 12.6 Å². The van der Waals surface area contributed by atoms with Gasteiger partial charge < -0.3 is 14.8 Å². The third-order valence-electron chi connectivity index (χ3n) is 5.73. The molecule has 1 aromatic heterocycles. The van der Waals surface area contributed by atoms with E-state index in [2.05, 4.69) is 5.32 Å². The lowest BCUT2D eigenvalue weighted by molar-refractivity contribution is -0.116. The zero-order valence-electron chi connectivity index (χ0n) is 15.6. The van der Waals surface area contributed by atoms with Gasteiger partial charge in [-0.2, -0.15) is 0 Å². The van der Waals surface area contributed by atoms with Crippen molar-refractivity contribution in [2.75, 3.05) is 12.1 Å². The molecule has 0 radical (unpaired) electrons. The normalized spacial score (nSPS) is 19.9. The molecule has 144 valence electrons. The van der Waals surface area contributed by atoms with Crippen LogP contribution in [0.25, 0.3) is 0 Å². The number of rotatable bonds is 1. The van der Waals surface area contributed by atoms with Crippen molar-refractivity contribution in [3.8, 4) is 11.5 Å². The lowest BCUT2D eigenvalue weighted by atomic mass is 9.76. The van der Waals surface area contributed by atoms with Crippen LogP contribution < -0.4 is 26.0 Å². The molecule has 0 saturated carbocycles. The fourth-order valence-electron chi connectivity index (χ4n) is 4.32. The molecule has 0 unspecified atom stereocenters. The van der Waals surface area contributed by atoms with Gasteiger partial charge in [-0.05, 0) is 30.5 Å². The van der Waals surface area contributed by atoms with E-state index in [0.29, 0.717) is 41.3 Å². The maximum absolute atomic E-state index is 13.1. The summed E-state index contributed by atoms with van der Waals surface area (Å²) < 4.78 is 13.4. The molecular formula is C20H19N3O5. The monoisotopic (exact) mass is 381 g/mol. The minimum absolute atomic E-state index is 0.0259. The van der Waals surface area contributed by atoms with Crippen LogP contribution in [0, 0.1) is 0 Å². The highest BCUT2D eigenvalue weighted by molar-refractivity contribution is 6.00. The quantitative estimate of drug-likeness (QED) is 0.802. The van der Waals surface area contributed by atoms with Gasteiger partial charge in [-0.25, -0.2) is 4.79 Å². The molecule has 8 nitrogen and oxygen atoms in total. The topological polar surface area (TPSA) is 91.6 Å². The number of hydrogen-bond donors (Lipinski definition) is 1. The largest absolute Gasteiger partial charge is 0.454 e. The first kappa shape index (κ1) is 16.9. The average molecular weight is 381 g/mol. The molecule has 0 spiro atoms. The van der Waals surface area contributed by atoms with Gasteiger partial charge in [0.2, 0.25) is 6.79 Å². The number of ketones is 1. The second-order valence-electron chi connectivity index (χ2n) is 7.31. The van der Waals surface area contributed by atoms with Gasteiger partial charge in [0.15, 0.2) is 17.3 Å². The highest BCUT2D eigenvalue weighted by Gasteiger charge is 2.39. The Hall–Kier alpha value is -3.29. The Labute approximate surface area is 160 Å². The standard InChI is InChI=1S/C20H19N3O5/c1-22-18-17(19(25)23(2)20(22)26)15(16-11(21-18)4-3-5-12(16)24)10-6-7-13-14(8-10)28-9-27-13/h6-8,15,21H,3-5,9H2,1-2H3/t15-/m0/s1. The van der Waals surface area contributed by atoms with Crippen molar-refractivity contribution in [1.29, 1.82) is 0 Å². The third-order valence-corrected chi connectivity index (χ3v) is 5.73. The van der Waals surface area contributed by atoms with Crippen LogP contribution in [0.4, 0.5) is 5.82 Å². The molecule has 1 aliphatic carbocycles. The lowest BCUT2D eigenvalue weighted by Crippen LogP contribution is -2.44. The van der Waals surface area contributed by atoms with E-state index in [4.69, 9.17) is 9.47 Å². The summed E-state index contributed by atoms with van der Waals surface area (Å²) in [6.45, 7) is 0.144. The third kappa shape index (κ3) is 2.20. The Morgan fingerprint density at radius 2 is 1.82 bits per heavy atom. The molecule has 28 heavy (non-hydrogen) atoms. The van der Waals surface area contributed by atoms with Crippen molar-refractivity contribution < 1.29 is 14.3 Å². The molecule has 0 amide bonds. The van der Waals surface area contributed by atoms with E-state index >= 15 is 0 Å². The summed E-state index contributed by atoms with van der Waals surface area (Å²) in [7, 11) is 3.08. The number of benzene rings is 1. The Kier molecular flexibility index (Phi) is 3.52. The number of nitrogens with one attached hydrogen (secondary N) is 1. The second kappa shape index (κ2) is 5.85. The van der Waals surface area contributed by atoms with Gasteiger partial charge >= 0.3 is 5.69 Å². The van der Waals surface area contributed by atoms with Crippen LogP contribution >= 0.6 is 0 Å². The van der Waals surface area contributed by atoms with Crippen LogP contribution in [0.15, 0.2) is 39.1 Å². The van der Waals surface area contributed by atoms with Crippen LogP contribution in [0.3, 0.4) is 0 Å². The van der Waals surface area contributed by atoms with Gasteiger partial charge in [0.1, 0.15) is 5.82 Å². The summed E-state index contributed by atoms with van der Waals surface area (Å²) in [5.74, 6) is 1.14. The van der Waals surface area contributed by atoms with Crippen LogP contribution in [-0.2, 0) is 18.9 Å². The number of hydrogen-bond acceptors (Lipinski definition) is 6. The van der Waals surface area contributed by atoms with Gasteiger partial charge in [-0.1, -0.05) is 6.07 Å². The molecule has 0 saturated heterocycles. The van der Waals surface area contributed by atoms with E-state index in [9.17, 15) is 14.4 Å². The van der Waals surface area contributed by atoms with Crippen LogP contribution in [0.5, 0.6) is 11.5 Å². The van der Waals surface area contributed by atoms with Crippen molar-refractivity contribution in [1.82, 2.24) is 9.13 Å². The van der Waals surface area contributed by atoms with Crippen molar-refractivity contribution >= 4 is 11.6 Å². The molecule has 8 heteroatoms. The fraction of sp³-hybridized carbons (Fsp3) is 0.350. The molecule has 0 fully saturated rings. The number of carbonyl (C=O) groups excluding carboxylic acids is 1. The van der Waals surface area contributed by atoms with Gasteiger partial charge in [0.05, 0.1) is 5.56 Å². The van der Waals surface area contributed by atoms with Crippen LogP contribution in [0.2, 0.25) is 0 Å². The zero-order valence-corrected chi connectivity index (χ0v) is 15.6. The number of nitrogens with zero attached hydrogens (tertiary/aromatic N) is 2. The summed E-state index contributed by atoms with van der Waals surface area (Å²) in [4.78, 5) is 38.4. The van der Waals surface area contributed by atoms with Crippen molar-refractivity contribution in [3.05, 3.63) is 61.4 Å². The zero-order chi connectivity index (χ0) is 19.6. The number of aromatic nitrogens is 2.